The van der Waals surface area contributed by atoms with Crippen LogP contribution in [0.5, 0.6) is 0 Å². The Morgan fingerprint density at radius 1 is 1.67 bits per heavy atom. The fourth-order valence-corrected chi connectivity index (χ4v) is 2.25. The standard InChI is InChI=1S/C12H17BrFN3O/c1-2-17-3-4-18-10(8-17)7-16-12-11(14)5-9(13)6-15-12/h5-6,10H,2-4,7-8H2,1H3,(H,15,16). The van der Waals surface area contributed by atoms with Crippen molar-refractivity contribution in [2.45, 2.75) is 13.0 Å². The van der Waals surface area contributed by atoms with Gasteiger partial charge >= 0.3 is 0 Å². The van der Waals surface area contributed by atoms with E-state index in [0.717, 1.165) is 26.2 Å². The number of halogens is 2. The smallest absolute Gasteiger partial charge is 0.166 e. The van der Waals surface area contributed by atoms with Crippen LogP contribution in [0.1, 0.15) is 6.92 Å². The van der Waals surface area contributed by atoms with Gasteiger partial charge in [0.05, 0.1) is 12.7 Å². The molecule has 0 aromatic carbocycles. The maximum Gasteiger partial charge on any atom is 0.166 e. The molecule has 1 aliphatic heterocycles. The van der Waals surface area contributed by atoms with Crippen molar-refractivity contribution in [1.29, 1.82) is 0 Å². The fraction of sp³-hybridized carbons (Fsp3) is 0.583. The van der Waals surface area contributed by atoms with Crippen LogP contribution < -0.4 is 5.32 Å². The molecule has 1 saturated heterocycles. The molecule has 1 N–H and O–H groups in total. The zero-order chi connectivity index (χ0) is 13.0. The second-order valence-electron chi connectivity index (χ2n) is 4.25. The normalized spacial score (nSPS) is 20.9. The number of pyridine rings is 1. The van der Waals surface area contributed by atoms with Crippen LogP contribution >= 0.6 is 15.9 Å². The number of ether oxygens (including phenoxy) is 1. The van der Waals surface area contributed by atoms with Crippen molar-refractivity contribution in [3.8, 4) is 0 Å². The molecule has 0 amide bonds. The van der Waals surface area contributed by atoms with E-state index < -0.39 is 0 Å². The summed E-state index contributed by atoms with van der Waals surface area (Å²) in [5, 5.41) is 3.00. The molecule has 1 aliphatic rings. The Morgan fingerprint density at radius 3 is 3.22 bits per heavy atom. The molecule has 1 fully saturated rings. The summed E-state index contributed by atoms with van der Waals surface area (Å²) in [6.07, 6.45) is 1.66. The quantitative estimate of drug-likeness (QED) is 0.923. The van der Waals surface area contributed by atoms with E-state index in [9.17, 15) is 4.39 Å². The molecule has 2 heterocycles. The highest BCUT2D eigenvalue weighted by Gasteiger charge is 2.19. The van der Waals surface area contributed by atoms with Gasteiger partial charge in [0.15, 0.2) is 11.6 Å². The van der Waals surface area contributed by atoms with E-state index in [1.807, 2.05) is 0 Å². The predicted molar refractivity (Wildman–Crippen MR) is 72.2 cm³/mol. The fourth-order valence-electron chi connectivity index (χ4n) is 1.95. The molecule has 100 valence electrons. The summed E-state index contributed by atoms with van der Waals surface area (Å²) in [6.45, 7) is 6.30. The van der Waals surface area contributed by atoms with E-state index in [1.54, 1.807) is 6.20 Å². The molecule has 0 saturated carbocycles. The first kappa shape index (κ1) is 13.7. The molecule has 1 aromatic rings. The summed E-state index contributed by atoms with van der Waals surface area (Å²) in [6, 6.07) is 1.40. The molecular weight excluding hydrogens is 301 g/mol. The SMILES string of the molecule is CCN1CCOC(CNc2ncc(Br)cc2F)C1. The number of nitrogens with zero attached hydrogens (tertiary/aromatic N) is 2. The molecule has 18 heavy (non-hydrogen) atoms. The van der Waals surface area contributed by atoms with Crippen LogP contribution in [0.4, 0.5) is 10.2 Å². The van der Waals surface area contributed by atoms with Gasteiger partial charge in [0.25, 0.3) is 0 Å². The third-order valence-corrected chi connectivity index (χ3v) is 3.41. The number of anilines is 1. The van der Waals surface area contributed by atoms with Gasteiger partial charge in [-0.05, 0) is 28.5 Å². The Hall–Kier alpha value is -0.720. The van der Waals surface area contributed by atoms with Crippen LogP contribution in [0.15, 0.2) is 16.7 Å². The molecule has 2 rings (SSSR count). The van der Waals surface area contributed by atoms with Gasteiger partial charge in [-0.2, -0.15) is 0 Å². The lowest BCUT2D eigenvalue weighted by atomic mass is 10.2. The number of hydrogen-bond donors (Lipinski definition) is 1. The Kier molecular flexibility index (Phi) is 4.91. The lowest BCUT2D eigenvalue weighted by Crippen LogP contribution is -2.45. The van der Waals surface area contributed by atoms with Crippen molar-refractivity contribution in [3.05, 3.63) is 22.6 Å². The highest BCUT2D eigenvalue weighted by molar-refractivity contribution is 9.10. The van der Waals surface area contributed by atoms with Gasteiger partial charge in [0, 0.05) is 30.3 Å². The Balaban J connectivity index is 1.87. The number of likely N-dealkylation sites (N-methyl/N-ethyl adjacent to an activating group) is 1. The minimum absolute atomic E-state index is 0.0866. The lowest BCUT2D eigenvalue weighted by molar-refractivity contribution is -0.0192. The highest BCUT2D eigenvalue weighted by atomic mass is 79.9. The molecule has 0 aliphatic carbocycles. The van der Waals surface area contributed by atoms with Crippen LogP contribution in [0.25, 0.3) is 0 Å². The van der Waals surface area contributed by atoms with Crippen molar-refractivity contribution in [2.24, 2.45) is 0 Å². The van der Waals surface area contributed by atoms with Crippen molar-refractivity contribution < 1.29 is 9.13 Å². The largest absolute Gasteiger partial charge is 0.374 e. The van der Waals surface area contributed by atoms with Gasteiger partial charge in [0.1, 0.15) is 0 Å². The van der Waals surface area contributed by atoms with Gasteiger partial charge < -0.3 is 10.1 Å². The minimum atomic E-state index is -0.354. The summed E-state index contributed by atoms with van der Waals surface area (Å²) in [4.78, 5) is 6.32. The predicted octanol–water partition coefficient (Wildman–Crippen LogP) is 2.12. The first-order valence-corrected chi connectivity index (χ1v) is 6.87. The molecule has 1 unspecified atom stereocenters. The molecule has 4 nitrogen and oxygen atoms in total. The second kappa shape index (κ2) is 6.45. The van der Waals surface area contributed by atoms with Gasteiger partial charge in [-0.3, -0.25) is 4.90 Å². The molecule has 1 atom stereocenters. The third-order valence-electron chi connectivity index (χ3n) is 2.98. The summed E-state index contributed by atoms with van der Waals surface area (Å²) < 4.78 is 19.8. The van der Waals surface area contributed by atoms with Crippen LogP contribution in [0.3, 0.4) is 0 Å². The summed E-state index contributed by atoms with van der Waals surface area (Å²) in [5.41, 5.74) is 0. The number of morpholine rings is 1. The zero-order valence-electron chi connectivity index (χ0n) is 10.3. The van der Waals surface area contributed by atoms with E-state index in [-0.39, 0.29) is 17.7 Å². The molecular formula is C12H17BrFN3O. The average Bonchev–Trinajstić information content (AvgIpc) is 2.38. The van der Waals surface area contributed by atoms with E-state index >= 15 is 0 Å². The Morgan fingerprint density at radius 2 is 2.50 bits per heavy atom. The number of nitrogens with one attached hydrogen (secondary N) is 1. The monoisotopic (exact) mass is 317 g/mol. The van der Waals surface area contributed by atoms with E-state index in [1.165, 1.54) is 6.07 Å². The van der Waals surface area contributed by atoms with Crippen molar-refractivity contribution >= 4 is 21.7 Å². The zero-order valence-corrected chi connectivity index (χ0v) is 11.9. The summed E-state index contributed by atoms with van der Waals surface area (Å²) in [5.74, 6) is -0.0806. The first-order valence-electron chi connectivity index (χ1n) is 6.08. The van der Waals surface area contributed by atoms with E-state index in [4.69, 9.17) is 4.74 Å². The van der Waals surface area contributed by atoms with Crippen molar-refractivity contribution in [1.82, 2.24) is 9.88 Å². The van der Waals surface area contributed by atoms with Gasteiger partial charge in [0.2, 0.25) is 0 Å². The van der Waals surface area contributed by atoms with E-state index in [0.29, 0.717) is 11.0 Å². The molecule has 6 heteroatoms. The minimum Gasteiger partial charge on any atom is -0.374 e. The first-order chi connectivity index (χ1) is 8.69. The number of aromatic nitrogens is 1. The Bertz CT molecular complexity index is 405. The average molecular weight is 318 g/mol. The topological polar surface area (TPSA) is 37.4 Å². The molecule has 0 radical (unpaired) electrons. The molecule has 1 aromatic heterocycles. The van der Waals surface area contributed by atoms with Gasteiger partial charge in [-0.25, -0.2) is 9.37 Å². The second-order valence-corrected chi connectivity index (χ2v) is 5.17. The van der Waals surface area contributed by atoms with Crippen LogP contribution in [0, 0.1) is 5.82 Å². The third kappa shape index (κ3) is 3.63. The van der Waals surface area contributed by atoms with Gasteiger partial charge in [-0.15, -0.1) is 0 Å². The molecule has 0 bridgehead atoms. The van der Waals surface area contributed by atoms with Crippen molar-refractivity contribution in [3.63, 3.8) is 0 Å². The highest BCUT2D eigenvalue weighted by Crippen LogP contribution is 2.16. The number of rotatable bonds is 4. The van der Waals surface area contributed by atoms with Crippen LogP contribution in [-0.4, -0.2) is 48.8 Å². The molecule has 0 spiro atoms. The summed E-state index contributed by atoms with van der Waals surface area (Å²) >= 11 is 3.18. The van der Waals surface area contributed by atoms with E-state index in [2.05, 4.69) is 38.1 Å². The van der Waals surface area contributed by atoms with Crippen molar-refractivity contribution in [2.75, 3.05) is 38.1 Å². The Labute approximate surface area is 115 Å². The van der Waals surface area contributed by atoms with Crippen LogP contribution in [0.2, 0.25) is 0 Å². The number of hydrogen-bond acceptors (Lipinski definition) is 4. The van der Waals surface area contributed by atoms with Gasteiger partial charge in [-0.1, -0.05) is 6.92 Å². The lowest BCUT2D eigenvalue weighted by Gasteiger charge is -2.32. The maximum atomic E-state index is 13.5. The maximum absolute atomic E-state index is 13.5. The van der Waals surface area contributed by atoms with Crippen LogP contribution in [-0.2, 0) is 4.74 Å². The summed E-state index contributed by atoms with van der Waals surface area (Å²) in [7, 11) is 0.